The number of halogens is 1. The first-order valence-corrected chi connectivity index (χ1v) is 14.7. The van der Waals surface area contributed by atoms with Crippen molar-refractivity contribution in [1.29, 1.82) is 0 Å². The van der Waals surface area contributed by atoms with Crippen molar-refractivity contribution in [3.8, 4) is 0 Å². The third-order valence-corrected chi connectivity index (χ3v) is 8.78. The van der Waals surface area contributed by atoms with E-state index < -0.39 is 36.1 Å². The largest absolute Gasteiger partial charge is 0.456 e. The lowest BCUT2D eigenvalue weighted by atomic mass is 9.91. The fourth-order valence-corrected chi connectivity index (χ4v) is 6.57. The van der Waals surface area contributed by atoms with Crippen LogP contribution < -0.4 is 5.32 Å². The first-order chi connectivity index (χ1) is 19.4. The summed E-state index contributed by atoms with van der Waals surface area (Å²) in [6.45, 7) is 0.415. The summed E-state index contributed by atoms with van der Waals surface area (Å²) in [6.07, 6.45) is 2.46. The predicted octanol–water partition coefficient (Wildman–Crippen LogP) is 2.53. The van der Waals surface area contributed by atoms with Crippen LogP contribution in [0.1, 0.15) is 40.7 Å². The molecule has 0 bridgehead atoms. The topological polar surface area (TPSA) is 114 Å². The van der Waals surface area contributed by atoms with Crippen LogP contribution in [-0.2, 0) is 36.6 Å². The number of aliphatic hydroxyl groups excluding tert-OH is 1. The van der Waals surface area contributed by atoms with E-state index in [1.54, 1.807) is 23.1 Å². The smallest absolute Gasteiger partial charge is 0.338 e. The summed E-state index contributed by atoms with van der Waals surface area (Å²) >= 11 is 2.18. The summed E-state index contributed by atoms with van der Waals surface area (Å²) in [5.41, 5.74) is 3.17. The van der Waals surface area contributed by atoms with Crippen molar-refractivity contribution in [3.63, 3.8) is 0 Å². The standard InChI is InChI=1S/C30H31IN2O7/c31-22-9-7-18(8-10-22)29(37)38-24-14-21(28(36)33-12-3-6-23(33)27(35)32-11-13-34)15-25-26(24)40-30(39-25)16-19-4-1-2-5-20(19)17-30/h1-2,4-5,7-10,15,23-26,34H,3,6,11-14,16-17H2,(H,32,35)/t23-,24-,25-,26+/m1/s1. The predicted molar refractivity (Wildman–Crippen MR) is 152 cm³/mol. The zero-order chi connectivity index (χ0) is 27.9. The Bertz CT molecular complexity index is 1320. The highest BCUT2D eigenvalue weighted by Gasteiger charge is 2.55. The third-order valence-electron chi connectivity index (χ3n) is 8.06. The number of carbonyl (C=O) groups excluding carboxylic acids is 3. The lowest BCUT2D eigenvalue weighted by molar-refractivity contribution is -0.172. The van der Waals surface area contributed by atoms with Crippen LogP contribution in [0.15, 0.2) is 60.2 Å². The van der Waals surface area contributed by atoms with Gasteiger partial charge in [-0.1, -0.05) is 24.3 Å². The molecule has 2 aromatic rings. The summed E-state index contributed by atoms with van der Waals surface area (Å²) in [5.74, 6) is -1.92. The van der Waals surface area contributed by atoms with Crippen molar-refractivity contribution in [3.05, 3.63) is 80.4 Å². The second-order valence-corrected chi connectivity index (χ2v) is 12.0. The maximum atomic E-state index is 13.8. The van der Waals surface area contributed by atoms with Gasteiger partial charge in [-0.3, -0.25) is 9.59 Å². The highest BCUT2D eigenvalue weighted by atomic mass is 127. The minimum absolute atomic E-state index is 0.135. The van der Waals surface area contributed by atoms with Crippen LogP contribution in [0, 0.1) is 3.57 Å². The zero-order valence-corrected chi connectivity index (χ0v) is 24.0. The van der Waals surface area contributed by atoms with Gasteiger partial charge in [0.2, 0.25) is 11.8 Å². The molecule has 2 aliphatic heterocycles. The van der Waals surface area contributed by atoms with Gasteiger partial charge >= 0.3 is 5.97 Å². The first kappa shape index (κ1) is 27.4. The summed E-state index contributed by atoms with van der Waals surface area (Å²) in [6, 6.07) is 14.6. The number of fused-ring (bicyclic) bond motifs is 2. The average molecular weight is 658 g/mol. The molecule has 6 rings (SSSR count). The number of nitrogens with zero attached hydrogens (tertiary/aromatic N) is 1. The number of hydrogen-bond acceptors (Lipinski definition) is 7. The number of aliphatic hydroxyl groups is 1. The normalized spacial score (nSPS) is 26.2. The summed E-state index contributed by atoms with van der Waals surface area (Å²) in [7, 11) is 0. The van der Waals surface area contributed by atoms with E-state index in [9.17, 15) is 14.4 Å². The molecule has 1 spiro atoms. The fraction of sp³-hybridized carbons (Fsp3) is 0.433. The number of hydrogen-bond donors (Lipinski definition) is 2. The minimum atomic E-state index is -0.887. The molecule has 9 nitrogen and oxygen atoms in total. The van der Waals surface area contributed by atoms with Gasteiger partial charge in [-0.2, -0.15) is 0 Å². The molecule has 40 heavy (non-hydrogen) atoms. The highest BCUT2D eigenvalue weighted by Crippen LogP contribution is 2.45. The van der Waals surface area contributed by atoms with Gasteiger partial charge in [0.15, 0.2) is 5.79 Å². The summed E-state index contributed by atoms with van der Waals surface area (Å²) < 4.78 is 20.1. The molecule has 2 fully saturated rings. The molecular weight excluding hydrogens is 627 g/mol. The van der Waals surface area contributed by atoms with E-state index in [2.05, 4.69) is 40.0 Å². The van der Waals surface area contributed by atoms with Crippen LogP contribution in [0.4, 0.5) is 0 Å². The molecule has 2 aliphatic carbocycles. The van der Waals surface area contributed by atoms with E-state index in [4.69, 9.17) is 19.3 Å². The van der Waals surface area contributed by atoms with E-state index in [0.717, 1.165) is 14.7 Å². The van der Waals surface area contributed by atoms with Gasteiger partial charge in [-0.25, -0.2) is 4.79 Å². The quantitative estimate of drug-likeness (QED) is 0.363. The van der Waals surface area contributed by atoms with Gasteiger partial charge in [-0.15, -0.1) is 0 Å². The number of ether oxygens (including phenoxy) is 3. The first-order valence-electron chi connectivity index (χ1n) is 13.6. The molecule has 0 aromatic heterocycles. The molecule has 0 unspecified atom stereocenters. The van der Waals surface area contributed by atoms with Crippen molar-refractivity contribution in [2.75, 3.05) is 19.7 Å². The number of rotatable bonds is 6. The van der Waals surface area contributed by atoms with E-state index in [0.29, 0.717) is 43.4 Å². The molecule has 4 aliphatic rings. The molecule has 2 saturated heterocycles. The molecule has 0 radical (unpaired) electrons. The maximum Gasteiger partial charge on any atom is 0.338 e. The second kappa shape index (κ2) is 11.2. The number of amides is 2. The molecule has 0 saturated carbocycles. The van der Waals surface area contributed by atoms with Crippen molar-refractivity contribution >= 4 is 40.4 Å². The number of likely N-dealkylation sites (tertiary alicyclic amines) is 1. The van der Waals surface area contributed by atoms with E-state index >= 15 is 0 Å². The van der Waals surface area contributed by atoms with E-state index in [1.165, 1.54) is 0 Å². The molecule has 2 heterocycles. The van der Waals surface area contributed by atoms with Crippen molar-refractivity contribution in [2.24, 2.45) is 0 Å². The molecular formula is C30H31IN2O7. The molecule has 210 valence electrons. The molecule has 4 atom stereocenters. The monoisotopic (exact) mass is 658 g/mol. The maximum absolute atomic E-state index is 13.8. The Morgan fingerprint density at radius 2 is 1.80 bits per heavy atom. The van der Waals surface area contributed by atoms with Gasteiger partial charge in [0.05, 0.1) is 12.2 Å². The van der Waals surface area contributed by atoms with Gasteiger partial charge in [0.25, 0.3) is 0 Å². The van der Waals surface area contributed by atoms with Crippen molar-refractivity contribution in [2.45, 2.75) is 62.2 Å². The van der Waals surface area contributed by atoms with Crippen molar-refractivity contribution in [1.82, 2.24) is 10.2 Å². The number of benzene rings is 2. The van der Waals surface area contributed by atoms with E-state index in [-0.39, 0.29) is 31.4 Å². The lowest BCUT2D eigenvalue weighted by Crippen LogP contribution is -2.49. The highest BCUT2D eigenvalue weighted by molar-refractivity contribution is 14.1. The Hall–Kier alpha value is -2.80. The second-order valence-electron chi connectivity index (χ2n) is 10.7. The Balaban J connectivity index is 1.26. The lowest BCUT2D eigenvalue weighted by Gasteiger charge is -2.32. The Morgan fingerprint density at radius 3 is 2.50 bits per heavy atom. The Morgan fingerprint density at radius 1 is 1.07 bits per heavy atom. The number of esters is 1. The van der Waals surface area contributed by atoms with Gasteiger partial charge in [0.1, 0.15) is 24.4 Å². The summed E-state index contributed by atoms with van der Waals surface area (Å²) in [4.78, 5) is 41.2. The zero-order valence-electron chi connectivity index (χ0n) is 21.9. The van der Waals surface area contributed by atoms with Crippen molar-refractivity contribution < 1.29 is 33.7 Å². The average Bonchev–Trinajstić information content (AvgIpc) is 3.67. The molecule has 2 aromatic carbocycles. The Labute approximate surface area is 246 Å². The molecule has 10 heteroatoms. The van der Waals surface area contributed by atoms with Gasteiger partial charge in [0, 0.05) is 41.5 Å². The van der Waals surface area contributed by atoms with Crippen LogP contribution >= 0.6 is 22.6 Å². The van der Waals surface area contributed by atoms with Crippen LogP contribution in [0.5, 0.6) is 0 Å². The van der Waals surface area contributed by atoms with E-state index in [1.807, 2.05) is 24.3 Å². The van der Waals surface area contributed by atoms with Crippen LogP contribution in [-0.4, -0.2) is 77.6 Å². The SMILES string of the molecule is O=C(O[C@@H]1CC(C(=O)N2CCC[C@@H]2C(=O)NCCO)=C[C@H]2OC3(Cc4ccccc4C3)O[C@H]21)c1ccc(I)cc1. The van der Waals surface area contributed by atoms with Gasteiger partial charge in [-0.05, 0) is 76.9 Å². The van der Waals surface area contributed by atoms with Crippen LogP contribution in [0.25, 0.3) is 0 Å². The summed E-state index contributed by atoms with van der Waals surface area (Å²) in [5, 5.41) is 11.8. The Kier molecular flexibility index (Phi) is 7.68. The minimum Gasteiger partial charge on any atom is -0.456 e. The van der Waals surface area contributed by atoms with Crippen LogP contribution in [0.2, 0.25) is 0 Å². The molecule has 2 N–H and O–H groups in total. The fourth-order valence-electron chi connectivity index (χ4n) is 6.21. The number of carbonyl (C=O) groups is 3. The molecule has 2 amide bonds. The number of nitrogens with one attached hydrogen (secondary N) is 1. The third kappa shape index (κ3) is 5.29. The van der Waals surface area contributed by atoms with Gasteiger partial charge < -0.3 is 29.5 Å². The van der Waals surface area contributed by atoms with Crippen LogP contribution in [0.3, 0.4) is 0 Å².